The molecule has 0 saturated carbocycles. The predicted molar refractivity (Wildman–Crippen MR) is 139 cm³/mol. The molecule has 2 aliphatic heterocycles. The number of nitrogens with one attached hydrogen (secondary N) is 2. The van der Waals surface area contributed by atoms with Gasteiger partial charge in [-0.2, -0.15) is 11.8 Å². The Bertz CT molecular complexity index is 572. The molecule has 2 aliphatic rings. The van der Waals surface area contributed by atoms with Crippen LogP contribution in [0.5, 0.6) is 0 Å². The smallest absolute Gasteiger partial charge is 0.191 e. The average molecular weight is 532 g/mol. The van der Waals surface area contributed by atoms with Crippen molar-refractivity contribution in [2.45, 2.75) is 37.9 Å². The Balaban J connectivity index is 0.00000300. The number of rotatable bonds is 9. The summed E-state index contributed by atoms with van der Waals surface area (Å²) in [5.41, 5.74) is 1.36. The summed E-state index contributed by atoms with van der Waals surface area (Å²) in [7, 11) is 0. The molecule has 0 radical (unpaired) electrons. The fourth-order valence-corrected chi connectivity index (χ4v) is 5.04. The number of hydrogen-bond donors (Lipinski definition) is 2. The summed E-state index contributed by atoms with van der Waals surface area (Å²) in [5, 5.41) is 7.62. The zero-order valence-electron chi connectivity index (χ0n) is 17.8. The molecule has 1 atom stereocenters. The summed E-state index contributed by atoms with van der Waals surface area (Å²) in [6.45, 7) is 10.8. The molecular weight excluding hydrogens is 493 g/mol. The predicted octanol–water partition coefficient (Wildman–Crippen LogP) is 3.66. The topological polar surface area (TPSA) is 42.9 Å². The lowest BCUT2D eigenvalue weighted by atomic mass is 10.2. The van der Waals surface area contributed by atoms with Gasteiger partial charge in [-0.25, -0.2) is 0 Å². The molecule has 2 N–H and O–H groups in total. The maximum Gasteiger partial charge on any atom is 0.191 e. The molecule has 0 aromatic heterocycles. The minimum atomic E-state index is 0. The van der Waals surface area contributed by atoms with Crippen LogP contribution in [-0.2, 0) is 0 Å². The number of benzene rings is 1. The van der Waals surface area contributed by atoms with E-state index < -0.39 is 0 Å². The lowest BCUT2D eigenvalue weighted by Gasteiger charge is -2.36. The third-order valence-corrected chi connectivity index (χ3v) is 6.89. The second-order valence-corrected chi connectivity index (χ2v) is 9.06. The summed E-state index contributed by atoms with van der Waals surface area (Å²) >= 11 is 2.08. The first kappa shape index (κ1) is 24.6. The number of hydrogen-bond acceptors (Lipinski definition) is 4. The fourth-order valence-electron chi connectivity index (χ4n) is 3.86. The van der Waals surface area contributed by atoms with Crippen molar-refractivity contribution in [3.63, 3.8) is 0 Å². The highest BCUT2D eigenvalue weighted by atomic mass is 127. The highest BCUT2D eigenvalue weighted by Gasteiger charge is 2.17. The van der Waals surface area contributed by atoms with Crippen molar-refractivity contribution in [2.75, 3.05) is 63.0 Å². The fraction of sp³-hybridized carbons (Fsp3) is 0.682. The summed E-state index contributed by atoms with van der Waals surface area (Å²) in [6, 6.07) is 10.8. The van der Waals surface area contributed by atoms with Gasteiger partial charge in [0, 0.05) is 50.2 Å². The molecule has 164 valence electrons. The van der Waals surface area contributed by atoms with E-state index in [-0.39, 0.29) is 24.0 Å². The Labute approximate surface area is 198 Å². The van der Waals surface area contributed by atoms with Crippen LogP contribution in [0.25, 0.3) is 0 Å². The Morgan fingerprint density at radius 2 is 1.90 bits per heavy atom. The van der Waals surface area contributed by atoms with Gasteiger partial charge in [0.05, 0.1) is 6.54 Å². The zero-order valence-corrected chi connectivity index (χ0v) is 21.0. The van der Waals surface area contributed by atoms with E-state index in [1.807, 2.05) is 0 Å². The largest absolute Gasteiger partial charge is 0.369 e. The van der Waals surface area contributed by atoms with Crippen molar-refractivity contribution in [1.29, 1.82) is 0 Å². The maximum atomic E-state index is 4.78. The average Bonchev–Trinajstić information content (AvgIpc) is 3.26. The van der Waals surface area contributed by atoms with E-state index in [4.69, 9.17) is 4.99 Å². The van der Waals surface area contributed by atoms with Crippen LogP contribution in [0.15, 0.2) is 35.3 Å². The van der Waals surface area contributed by atoms with Crippen LogP contribution in [0.4, 0.5) is 5.69 Å². The van der Waals surface area contributed by atoms with Crippen LogP contribution < -0.4 is 15.5 Å². The molecule has 1 aromatic carbocycles. The van der Waals surface area contributed by atoms with Crippen molar-refractivity contribution < 1.29 is 0 Å². The first-order valence-electron chi connectivity index (χ1n) is 11.0. The Morgan fingerprint density at radius 3 is 2.59 bits per heavy atom. The van der Waals surface area contributed by atoms with Gasteiger partial charge in [0.25, 0.3) is 0 Å². The molecule has 0 aliphatic carbocycles. The maximum absolute atomic E-state index is 4.78. The van der Waals surface area contributed by atoms with E-state index in [1.165, 1.54) is 56.8 Å². The molecule has 2 fully saturated rings. The molecule has 5 nitrogen and oxygen atoms in total. The van der Waals surface area contributed by atoms with E-state index in [9.17, 15) is 0 Å². The van der Waals surface area contributed by atoms with E-state index in [2.05, 4.69) is 69.5 Å². The number of guanidine groups is 1. The highest BCUT2D eigenvalue weighted by Crippen LogP contribution is 2.26. The Morgan fingerprint density at radius 1 is 1.10 bits per heavy atom. The third-order valence-electron chi connectivity index (χ3n) is 5.51. The Kier molecular flexibility index (Phi) is 12.2. The molecule has 3 rings (SSSR count). The van der Waals surface area contributed by atoms with Crippen molar-refractivity contribution in [1.82, 2.24) is 15.5 Å². The molecule has 0 bridgehead atoms. The molecule has 0 spiro atoms. The van der Waals surface area contributed by atoms with Crippen LogP contribution in [0.1, 0.15) is 32.6 Å². The summed E-state index contributed by atoms with van der Waals surface area (Å²) in [4.78, 5) is 9.88. The van der Waals surface area contributed by atoms with Crippen molar-refractivity contribution in [3.05, 3.63) is 30.3 Å². The normalized spacial score (nSPS) is 20.4. The number of anilines is 1. The van der Waals surface area contributed by atoms with Crippen LogP contribution in [0.3, 0.4) is 0 Å². The van der Waals surface area contributed by atoms with Gasteiger partial charge in [0.2, 0.25) is 0 Å². The van der Waals surface area contributed by atoms with Gasteiger partial charge in [-0.05, 0) is 57.0 Å². The van der Waals surface area contributed by atoms with Crippen LogP contribution in [-0.4, -0.2) is 74.2 Å². The van der Waals surface area contributed by atoms with Crippen LogP contribution in [0, 0.1) is 0 Å². The van der Waals surface area contributed by atoms with Crippen molar-refractivity contribution in [2.24, 2.45) is 4.99 Å². The number of thioether (sulfide) groups is 1. The molecule has 0 amide bonds. The number of unbranched alkanes of at least 4 members (excludes halogenated alkanes) is 1. The van der Waals surface area contributed by atoms with E-state index in [0.29, 0.717) is 0 Å². The van der Waals surface area contributed by atoms with E-state index in [1.54, 1.807) is 0 Å². The van der Waals surface area contributed by atoms with Gasteiger partial charge in [-0.3, -0.25) is 9.89 Å². The van der Waals surface area contributed by atoms with E-state index in [0.717, 1.165) is 43.9 Å². The number of aliphatic imine (C=N–C) groups is 1. The lowest BCUT2D eigenvalue weighted by Crippen LogP contribution is -2.46. The summed E-state index contributed by atoms with van der Waals surface area (Å²) in [5.74, 6) is 2.30. The number of piperazine rings is 1. The molecule has 7 heteroatoms. The lowest BCUT2D eigenvalue weighted by molar-refractivity contribution is 0.253. The molecule has 1 aromatic rings. The van der Waals surface area contributed by atoms with E-state index >= 15 is 0 Å². The summed E-state index contributed by atoms with van der Waals surface area (Å²) in [6.07, 6.45) is 5.12. The Hall–Kier alpha value is -0.670. The molecule has 2 saturated heterocycles. The van der Waals surface area contributed by atoms with Crippen LogP contribution in [0.2, 0.25) is 0 Å². The highest BCUT2D eigenvalue weighted by molar-refractivity contribution is 14.0. The third kappa shape index (κ3) is 8.92. The molecule has 29 heavy (non-hydrogen) atoms. The zero-order chi connectivity index (χ0) is 19.4. The van der Waals surface area contributed by atoms with Gasteiger partial charge in [-0.1, -0.05) is 18.2 Å². The quantitative estimate of drug-likeness (QED) is 0.221. The molecular formula is C22H38IN5S. The second kappa shape index (κ2) is 14.4. The number of halogens is 1. The standard InChI is InChI=1S/C22H37N5S.HI/c1-2-23-22(25-19-21-11-8-18-28-21)24-12-6-7-13-26-14-16-27(17-15-26)20-9-4-3-5-10-20;/h3-5,9-10,21H,2,6-8,11-19H2,1H3,(H2,23,24,25);1H. The first-order chi connectivity index (χ1) is 13.8. The van der Waals surface area contributed by atoms with Crippen molar-refractivity contribution in [3.8, 4) is 0 Å². The minimum absolute atomic E-state index is 0. The molecule has 2 heterocycles. The van der Waals surface area contributed by atoms with Gasteiger partial charge in [0.1, 0.15) is 0 Å². The monoisotopic (exact) mass is 531 g/mol. The summed E-state index contributed by atoms with van der Waals surface area (Å²) < 4.78 is 0. The van der Waals surface area contributed by atoms with Gasteiger partial charge in [-0.15, -0.1) is 24.0 Å². The SMILES string of the molecule is CCNC(=NCC1CCCS1)NCCCCN1CCN(c2ccccc2)CC1.I. The first-order valence-corrected chi connectivity index (χ1v) is 12.1. The minimum Gasteiger partial charge on any atom is -0.369 e. The molecule has 1 unspecified atom stereocenters. The van der Waals surface area contributed by atoms with Crippen LogP contribution >= 0.6 is 35.7 Å². The number of nitrogens with zero attached hydrogens (tertiary/aromatic N) is 3. The van der Waals surface area contributed by atoms with Gasteiger partial charge < -0.3 is 15.5 Å². The van der Waals surface area contributed by atoms with Gasteiger partial charge >= 0.3 is 0 Å². The van der Waals surface area contributed by atoms with Gasteiger partial charge in [0.15, 0.2) is 5.96 Å². The number of para-hydroxylation sites is 1. The second-order valence-electron chi connectivity index (χ2n) is 7.65. The van der Waals surface area contributed by atoms with Crippen molar-refractivity contribution >= 4 is 47.4 Å².